The molecule has 9 heteroatoms. The maximum Gasteiger partial charge on any atom is 0.305 e. The van der Waals surface area contributed by atoms with Crippen LogP contribution in [-0.2, 0) is 19.1 Å². The molecule has 168 valence electrons. The number of unbranched alkanes of at least 4 members (excludes halogenated alkanes) is 3. The molecule has 0 aromatic heterocycles. The number of hydrogen-bond acceptors (Lipinski definition) is 5. The summed E-state index contributed by atoms with van der Waals surface area (Å²) in [6.45, 7) is 7.40. The molecule has 2 rings (SSSR count). The maximum absolute atomic E-state index is 12.5. The second-order valence-corrected chi connectivity index (χ2v) is 7.29. The van der Waals surface area contributed by atoms with Gasteiger partial charge in [-0.25, -0.2) is 0 Å². The van der Waals surface area contributed by atoms with E-state index in [-0.39, 0.29) is 42.0 Å². The fourth-order valence-corrected chi connectivity index (χ4v) is 3.56. The van der Waals surface area contributed by atoms with Crippen molar-refractivity contribution in [1.82, 2.24) is 15.1 Å². The zero-order valence-electron chi connectivity index (χ0n) is 17.9. The highest BCUT2D eigenvalue weighted by molar-refractivity contribution is 14.0. The van der Waals surface area contributed by atoms with Gasteiger partial charge >= 0.3 is 5.97 Å². The summed E-state index contributed by atoms with van der Waals surface area (Å²) in [6.07, 6.45) is 6.06. The van der Waals surface area contributed by atoms with Gasteiger partial charge in [-0.05, 0) is 32.6 Å². The highest BCUT2D eigenvalue weighted by Crippen LogP contribution is 2.16. The number of guanidine groups is 1. The van der Waals surface area contributed by atoms with Crippen LogP contribution in [0.1, 0.15) is 51.9 Å². The lowest BCUT2D eigenvalue weighted by molar-refractivity contribution is -0.142. The standard InChI is InChI=1S/C20H36N4O4.HI/c1-3-21-20(22-11-7-5-4-6-10-18(25)27-2)24-14-12-23(13-15-24)19(26)17-9-8-16-28-17;/h17H,3-16H2,1-2H3,(H,21,22);1H. The molecule has 2 fully saturated rings. The van der Waals surface area contributed by atoms with Gasteiger partial charge in [-0.3, -0.25) is 14.6 Å². The van der Waals surface area contributed by atoms with Crippen LogP contribution in [0.25, 0.3) is 0 Å². The summed E-state index contributed by atoms with van der Waals surface area (Å²) in [6, 6.07) is 0. The van der Waals surface area contributed by atoms with Crippen LogP contribution in [0.3, 0.4) is 0 Å². The number of rotatable bonds is 9. The van der Waals surface area contributed by atoms with Crippen molar-refractivity contribution in [3.05, 3.63) is 0 Å². The molecule has 0 radical (unpaired) electrons. The largest absolute Gasteiger partial charge is 0.469 e. The Kier molecular flexibility index (Phi) is 13.2. The smallest absolute Gasteiger partial charge is 0.305 e. The Hall–Kier alpha value is -1.10. The van der Waals surface area contributed by atoms with E-state index >= 15 is 0 Å². The fourth-order valence-electron chi connectivity index (χ4n) is 3.56. The number of ether oxygens (including phenoxy) is 2. The Morgan fingerprint density at radius 3 is 2.41 bits per heavy atom. The van der Waals surface area contributed by atoms with Crippen molar-refractivity contribution in [2.75, 3.05) is 53.0 Å². The number of amides is 1. The van der Waals surface area contributed by atoms with Crippen LogP contribution in [0.2, 0.25) is 0 Å². The number of carbonyl (C=O) groups excluding carboxylic acids is 2. The highest BCUT2D eigenvalue weighted by Gasteiger charge is 2.30. The number of nitrogens with one attached hydrogen (secondary N) is 1. The van der Waals surface area contributed by atoms with Gasteiger partial charge in [-0.15, -0.1) is 24.0 Å². The molecule has 29 heavy (non-hydrogen) atoms. The predicted molar refractivity (Wildman–Crippen MR) is 124 cm³/mol. The van der Waals surface area contributed by atoms with Gasteiger partial charge in [-0.2, -0.15) is 0 Å². The molecule has 0 spiro atoms. The van der Waals surface area contributed by atoms with Gasteiger partial charge in [0.2, 0.25) is 0 Å². The third-order valence-corrected chi connectivity index (χ3v) is 5.21. The first-order valence-electron chi connectivity index (χ1n) is 10.7. The van der Waals surface area contributed by atoms with E-state index < -0.39 is 0 Å². The number of methoxy groups -OCH3 is 1. The Morgan fingerprint density at radius 2 is 1.79 bits per heavy atom. The molecule has 0 aliphatic carbocycles. The normalized spacial score (nSPS) is 19.7. The summed E-state index contributed by atoms with van der Waals surface area (Å²) >= 11 is 0. The van der Waals surface area contributed by atoms with Crippen molar-refractivity contribution in [3.63, 3.8) is 0 Å². The minimum absolute atomic E-state index is 0. The Morgan fingerprint density at radius 1 is 1.10 bits per heavy atom. The SMILES string of the molecule is CCNC(=NCCCCCCC(=O)OC)N1CCN(C(=O)C2CCCO2)CC1.I. The summed E-state index contributed by atoms with van der Waals surface area (Å²) in [4.78, 5) is 32.5. The molecule has 2 heterocycles. The molecule has 2 saturated heterocycles. The van der Waals surface area contributed by atoms with Crippen molar-refractivity contribution in [1.29, 1.82) is 0 Å². The monoisotopic (exact) mass is 524 g/mol. The molecular formula is C20H37IN4O4. The van der Waals surface area contributed by atoms with Gasteiger partial charge in [0, 0.05) is 52.3 Å². The number of halogens is 1. The summed E-state index contributed by atoms with van der Waals surface area (Å²) in [5.74, 6) is 0.942. The predicted octanol–water partition coefficient (Wildman–Crippen LogP) is 2.02. The van der Waals surface area contributed by atoms with E-state index in [2.05, 4.69) is 21.9 Å². The topological polar surface area (TPSA) is 83.5 Å². The number of carbonyl (C=O) groups is 2. The van der Waals surface area contributed by atoms with Crippen molar-refractivity contribution in [2.45, 2.75) is 58.0 Å². The lowest BCUT2D eigenvalue weighted by Gasteiger charge is -2.37. The molecule has 0 aromatic carbocycles. The summed E-state index contributed by atoms with van der Waals surface area (Å²) < 4.78 is 10.2. The van der Waals surface area contributed by atoms with Gasteiger partial charge in [-0.1, -0.05) is 12.8 Å². The number of piperazine rings is 1. The summed E-state index contributed by atoms with van der Waals surface area (Å²) in [5.41, 5.74) is 0. The Bertz CT molecular complexity index is 519. The quantitative estimate of drug-likeness (QED) is 0.163. The van der Waals surface area contributed by atoms with E-state index in [1.165, 1.54) is 7.11 Å². The Labute approximate surface area is 191 Å². The molecule has 1 atom stereocenters. The van der Waals surface area contributed by atoms with Gasteiger partial charge in [0.15, 0.2) is 5.96 Å². The second-order valence-electron chi connectivity index (χ2n) is 7.29. The highest BCUT2D eigenvalue weighted by atomic mass is 127. The Balaban J connectivity index is 0.00000420. The van der Waals surface area contributed by atoms with Crippen LogP contribution < -0.4 is 5.32 Å². The molecule has 0 aromatic rings. The number of hydrogen-bond donors (Lipinski definition) is 1. The van der Waals surface area contributed by atoms with Crippen LogP contribution in [0.15, 0.2) is 4.99 Å². The molecular weight excluding hydrogens is 487 g/mol. The van der Waals surface area contributed by atoms with E-state index in [0.717, 1.165) is 83.8 Å². The van der Waals surface area contributed by atoms with Crippen molar-refractivity contribution >= 4 is 41.8 Å². The van der Waals surface area contributed by atoms with E-state index in [4.69, 9.17) is 9.73 Å². The summed E-state index contributed by atoms with van der Waals surface area (Å²) in [7, 11) is 1.43. The van der Waals surface area contributed by atoms with Gasteiger partial charge < -0.3 is 24.6 Å². The van der Waals surface area contributed by atoms with Gasteiger partial charge in [0.1, 0.15) is 6.10 Å². The van der Waals surface area contributed by atoms with Crippen LogP contribution in [0.4, 0.5) is 0 Å². The van der Waals surface area contributed by atoms with Crippen LogP contribution in [-0.4, -0.2) is 86.7 Å². The molecule has 0 saturated carbocycles. The zero-order valence-corrected chi connectivity index (χ0v) is 20.2. The van der Waals surface area contributed by atoms with Crippen molar-refractivity contribution in [2.24, 2.45) is 4.99 Å². The van der Waals surface area contributed by atoms with Crippen LogP contribution >= 0.6 is 24.0 Å². The van der Waals surface area contributed by atoms with E-state index in [9.17, 15) is 9.59 Å². The third-order valence-electron chi connectivity index (χ3n) is 5.21. The molecule has 2 aliphatic heterocycles. The summed E-state index contributed by atoms with van der Waals surface area (Å²) in [5, 5.41) is 3.36. The molecule has 1 N–H and O–H groups in total. The first-order valence-corrected chi connectivity index (χ1v) is 10.7. The molecule has 2 aliphatic rings. The average molecular weight is 524 g/mol. The molecule has 1 unspecified atom stereocenters. The van der Waals surface area contributed by atoms with E-state index in [1.54, 1.807) is 0 Å². The zero-order chi connectivity index (χ0) is 20.2. The molecule has 0 bridgehead atoms. The van der Waals surface area contributed by atoms with E-state index in [0.29, 0.717) is 13.0 Å². The van der Waals surface area contributed by atoms with Gasteiger partial charge in [0.25, 0.3) is 5.91 Å². The van der Waals surface area contributed by atoms with Crippen LogP contribution in [0.5, 0.6) is 0 Å². The lowest BCUT2D eigenvalue weighted by Crippen LogP contribution is -2.55. The minimum atomic E-state index is -0.229. The molecule has 8 nitrogen and oxygen atoms in total. The first-order chi connectivity index (χ1) is 13.7. The van der Waals surface area contributed by atoms with E-state index in [1.807, 2.05) is 4.90 Å². The van der Waals surface area contributed by atoms with Gasteiger partial charge in [0.05, 0.1) is 7.11 Å². The average Bonchev–Trinajstić information content (AvgIpc) is 3.26. The van der Waals surface area contributed by atoms with Crippen molar-refractivity contribution in [3.8, 4) is 0 Å². The lowest BCUT2D eigenvalue weighted by atomic mass is 10.1. The van der Waals surface area contributed by atoms with Crippen molar-refractivity contribution < 1.29 is 19.1 Å². The number of nitrogens with zero attached hydrogens (tertiary/aromatic N) is 3. The van der Waals surface area contributed by atoms with Crippen LogP contribution in [0, 0.1) is 0 Å². The molecule has 1 amide bonds. The number of esters is 1. The number of aliphatic imine (C=N–C) groups is 1. The maximum atomic E-state index is 12.5. The second kappa shape index (κ2) is 14.8. The minimum Gasteiger partial charge on any atom is -0.469 e. The first kappa shape index (κ1) is 25.9. The third kappa shape index (κ3) is 9.06. The fraction of sp³-hybridized carbons (Fsp3) is 0.850.